The molecule has 1 fully saturated rings. The molecule has 0 radical (unpaired) electrons. The molecule has 2 aromatic rings. The fraction of sp³-hybridized carbons (Fsp3) is 0.333. The Morgan fingerprint density at radius 2 is 1.76 bits per heavy atom. The molecule has 0 saturated heterocycles. The van der Waals surface area contributed by atoms with Crippen LogP contribution in [0, 0.1) is 5.82 Å². The molecule has 0 aliphatic heterocycles. The summed E-state index contributed by atoms with van der Waals surface area (Å²) in [4.78, 5) is 2.43. The molecule has 1 aliphatic carbocycles. The van der Waals surface area contributed by atoms with Crippen LogP contribution < -0.4 is 5.73 Å². The van der Waals surface area contributed by atoms with Crippen LogP contribution in [0.1, 0.15) is 29.5 Å². The van der Waals surface area contributed by atoms with Gasteiger partial charge in [0.15, 0.2) is 0 Å². The standard InChI is InChI=1S/C18H21FN2/c19-17-7-6-15(11-20)16(10-17)13-21(18-8-9-18)12-14-4-2-1-3-5-14/h1-7,10,18H,8-9,11-13,20H2. The van der Waals surface area contributed by atoms with Crippen molar-refractivity contribution < 1.29 is 4.39 Å². The molecule has 1 saturated carbocycles. The Morgan fingerprint density at radius 3 is 2.43 bits per heavy atom. The number of rotatable bonds is 6. The fourth-order valence-electron chi connectivity index (χ4n) is 2.73. The maximum Gasteiger partial charge on any atom is 0.123 e. The van der Waals surface area contributed by atoms with E-state index in [1.54, 1.807) is 12.1 Å². The summed E-state index contributed by atoms with van der Waals surface area (Å²) in [5.74, 6) is -0.183. The molecular formula is C18H21FN2. The monoisotopic (exact) mass is 284 g/mol. The van der Waals surface area contributed by atoms with Crippen LogP contribution in [0.2, 0.25) is 0 Å². The van der Waals surface area contributed by atoms with Crippen molar-refractivity contribution in [3.8, 4) is 0 Å². The largest absolute Gasteiger partial charge is 0.326 e. The lowest BCUT2D eigenvalue weighted by Crippen LogP contribution is -2.26. The summed E-state index contributed by atoms with van der Waals surface area (Å²) in [6, 6.07) is 16.0. The average Bonchev–Trinajstić information content (AvgIpc) is 3.33. The van der Waals surface area contributed by atoms with E-state index in [9.17, 15) is 4.39 Å². The first-order valence-corrected chi connectivity index (χ1v) is 7.51. The molecular weight excluding hydrogens is 263 g/mol. The summed E-state index contributed by atoms with van der Waals surface area (Å²) < 4.78 is 13.5. The molecule has 2 N–H and O–H groups in total. The molecule has 110 valence electrons. The van der Waals surface area contributed by atoms with Gasteiger partial charge in [-0.15, -0.1) is 0 Å². The third-order valence-electron chi connectivity index (χ3n) is 4.05. The second-order valence-corrected chi connectivity index (χ2v) is 5.74. The lowest BCUT2D eigenvalue weighted by Gasteiger charge is -2.23. The summed E-state index contributed by atoms with van der Waals surface area (Å²) in [6.45, 7) is 2.13. The smallest absolute Gasteiger partial charge is 0.123 e. The minimum absolute atomic E-state index is 0.183. The summed E-state index contributed by atoms with van der Waals surface area (Å²) in [5.41, 5.74) is 9.13. The molecule has 2 nitrogen and oxygen atoms in total. The van der Waals surface area contributed by atoms with Crippen molar-refractivity contribution in [2.45, 2.75) is 38.5 Å². The van der Waals surface area contributed by atoms with E-state index in [0.29, 0.717) is 12.6 Å². The molecule has 3 rings (SSSR count). The molecule has 3 heteroatoms. The van der Waals surface area contributed by atoms with E-state index in [4.69, 9.17) is 5.73 Å². The SMILES string of the molecule is NCc1ccc(F)cc1CN(Cc1ccccc1)C1CC1. The number of halogens is 1. The van der Waals surface area contributed by atoms with Gasteiger partial charge < -0.3 is 5.73 Å². The van der Waals surface area contributed by atoms with Gasteiger partial charge in [-0.3, -0.25) is 4.90 Å². The van der Waals surface area contributed by atoms with E-state index >= 15 is 0 Å². The van der Waals surface area contributed by atoms with Crippen molar-refractivity contribution in [2.24, 2.45) is 5.73 Å². The zero-order chi connectivity index (χ0) is 14.7. The third kappa shape index (κ3) is 3.69. The average molecular weight is 284 g/mol. The van der Waals surface area contributed by atoms with Crippen LogP contribution in [-0.2, 0) is 19.6 Å². The van der Waals surface area contributed by atoms with E-state index in [0.717, 1.165) is 24.2 Å². The topological polar surface area (TPSA) is 29.3 Å². The van der Waals surface area contributed by atoms with Crippen LogP contribution in [0.15, 0.2) is 48.5 Å². The normalized spacial score (nSPS) is 14.6. The first kappa shape index (κ1) is 14.2. The quantitative estimate of drug-likeness (QED) is 0.880. The van der Waals surface area contributed by atoms with E-state index < -0.39 is 0 Å². The maximum atomic E-state index is 13.5. The van der Waals surface area contributed by atoms with Gasteiger partial charge in [0, 0.05) is 25.7 Å². The predicted molar refractivity (Wildman–Crippen MR) is 83.0 cm³/mol. The number of hydrogen-bond donors (Lipinski definition) is 1. The Hall–Kier alpha value is -1.71. The van der Waals surface area contributed by atoms with E-state index in [1.807, 2.05) is 6.07 Å². The third-order valence-corrected chi connectivity index (χ3v) is 4.05. The molecule has 1 aliphatic rings. The molecule has 0 spiro atoms. The number of nitrogens with zero attached hydrogens (tertiary/aromatic N) is 1. The Bertz CT molecular complexity index is 593. The van der Waals surface area contributed by atoms with Gasteiger partial charge in [0.2, 0.25) is 0 Å². The molecule has 0 amide bonds. The number of benzene rings is 2. The van der Waals surface area contributed by atoms with Crippen LogP contribution in [0.25, 0.3) is 0 Å². The molecule has 0 aromatic heterocycles. The minimum atomic E-state index is -0.183. The zero-order valence-electron chi connectivity index (χ0n) is 12.1. The van der Waals surface area contributed by atoms with E-state index in [-0.39, 0.29) is 5.82 Å². The fourth-order valence-corrected chi connectivity index (χ4v) is 2.73. The van der Waals surface area contributed by atoms with Crippen molar-refractivity contribution in [1.29, 1.82) is 0 Å². The van der Waals surface area contributed by atoms with Gasteiger partial charge in [0.05, 0.1) is 0 Å². The maximum absolute atomic E-state index is 13.5. The Balaban J connectivity index is 1.78. The zero-order valence-corrected chi connectivity index (χ0v) is 12.1. The number of nitrogens with two attached hydrogens (primary N) is 1. The highest BCUT2D eigenvalue weighted by Gasteiger charge is 2.29. The van der Waals surface area contributed by atoms with Crippen LogP contribution in [0.3, 0.4) is 0 Å². The summed E-state index contributed by atoms with van der Waals surface area (Å²) in [7, 11) is 0. The predicted octanol–water partition coefficient (Wildman–Crippen LogP) is 3.45. The second kappa shape index (κ2) is 6.37. The Kier molecular flexibility index (Phi) is 4.32. The summed E-state index contributed by atoms with van der Waals surface area (Å²) >= 11 is 0. The van der Waals surface area contributed by atoms with E-state index in [2.05, 4.69) is 29.2 Å². The highest BCUT2D eigenvalue weighted by atomic mass is 19.1. The second-order valence-electron chi connectivity index (χ2n) is 5.74. The molecule has 2 aromatic carbocycles. The van der Waals surface area contributed by atoms with Crippen molar-refractivity contribution in [1.82, 2.24) is 4.90 Å². The van der Waals surface area contributed by atoms with Gasteiger partial charge in [-0.25, -0.2) is 4.39 Å². The highest BCUT2D eigenvalue weighted by Crippen LogP contribution is 2.30. The first-order valence-electron chi connectivity index (χ1n) is 7.51. The minimum Gasteiger partial charge on any atom is -0.326 e. The van der Waals surface area contributed by atoms with Crippen LogP contribution in [0.5, 0.6) is 0 Å². The van der Waals surface area contributed by atoms with Crippen molar-refractivity contribution in [3.05, 3.63) is 71.0 Å². The first-order chi connectivity index (χ1) is 10.3. The van der Waals surface area contributed by atoms with Gasteiger partial charge in [-0.1, -0.05) is 36.4 Å². The molecule has 0 atom stereocenters. The Morgan fingerprint density at radius 1 is 1.00 bits per heavy atom. The van der Waals surface area contributed by atoms with Crippen LogP contribution in [0.4, 0.5) is 4.39 Å². The van der Waals surface area contributed by atoms with Gasteiger partial charge in [-0.2, -0.15) is 0 Å². The van der Waals surface area contributed by atoms with Crippen molar-refractivity contribution in [2.75, 3.05) is 0 Å². The lowest BCUT2D eigenvalue weighted by atomic mass is 10.1. The van der Waals surface area contributed by atoms with Crippen LogP contribution in [-0.4, -0.2) is 10.9 Å². The van der Waals surface area contributed by atoms with Crippen molar-refractivity contribution >= 4 is 0 Å². The van der Waals surface area contributed by atoms with E-state index in [1.165, 1.54) is 24.5 Å². The lowest BCUT2D eigenvalue weighted by molar-refractivity contribution is 0.244. The van der Waals surface area contributed by atoms with Crippen molar-refractivity contribution in [3.63, 3.8) is 0 Å². The molecule has 0 unspecified atom stereocenters. The Labute approximate surface area is 125 Å². The van der Waals surface area contributed by atoms with Gasteiger partial charge in [0.1, 0.15) is 5.82 Å². The number of hydrogen-bond acceptors (Lipinski definition) is 2. The highest BCUT2D eigenvalue weighted by molar-refractivity contribution is 5.28. The van der Waals surface area contributed by atoms with Gasteiger partial charge >= 0.3 is 0 Å². The summed E-state index contributed by atoms with van der Waals surface area (Å²) in [6.07, 6.45) is 2.47. The summed E-state index contributed by atoms with van der Waals surface area (Å²) in [5, 5.41) is 0. The van der Waals surface area contributed by atoms with Gasteiger partial charge in [0.25, 0.3) is 0 Å². The van der Waals surface area contributed by atoms with Gasteiger partial charge in [-0.05, 0) is 41.7 Å². The van der Waals surface area contributed by atoms with Crippen LogP contribution >= 0.6 is 0 Å². The molecule has 21 heavy (non-hydrogen) atoms. The molecule has 0 heterocycles. The molecule has 0 bridgehead atoms.